The number of para-hydroxylation sites is 1. The second-order valence-electron chi connectivity index (χ2n) is 8.03. The Bertz CT molecular complexity index is 1660. The number of pyridine rings is 1. The van der Waals surface area contributed by atoms with Crippen LogP contribution in [0.1, 0.15) is 5.56 Å². The van der Waals surface area contributed by atoms with Gasteiger partial charge in [0.2, 0.25) is 0 Å². The van der Waals surface area contributed by atoms with Crippen LogP contribution in [0.15, 0.2) is 116 Å². The monoisotopic (exact) mass is 421 g/mol. The molecule has 4 aromatic carbocycles. The van der Waals surface area contributed by atoms with E-state index in [-0.39, 0.29) is 0 Å². The van der Waals surface area contributed by atoms with Crippen molar-refractivity contribution in [2.45, 2.75) is 0 Å². The van der Waals surface area contributed by atoms with Crippen molar-refractivity contribution in [2.75, 3.05) is 0 Å². The van der Waals surface area contributed by atoms with Crippen LogP contribution < -0.4 is 0 Å². The van der Waals surface area contributed by atoms with Crippen molar-refractivity contribution in [3.63, 3.8) is 0 Å². The first kappa shape index (κ1) is 19.0. The third-order valence-electron chi connectivity index (χ3n) is 6.15. The maximum atomic E-state index is 9.73. The van der Waals surface area contributed by atoms with Gasteiger partial charge < -0.3 is 4.57 Å². The molecule has 0 saturated heterocycles. The molecule has 0 radical (unpaired) electrons. The standard InChI is InChI=1S/C30H19N3/c31-20-24-10-12-25(19-28(24)22-14-16-32-17-15-22)33-29-9-5-4-8-26(29)27-13-11-23(18-30(27)33)21-6-2-1-3-7-21/h1-19H. The molecule has 0 amide bonds. The molecule has 0 spiro atoms. The van der Waals surface area contributed by atoms with Crippen LogP contribution in [0.4, 0.5) is 0 Å². The van der Waals surface area contributed by atoms with Gasteiger partial charge in [-0.05, 0) is 59.2 Å². The van der Waals surface area contributed by atoms with Gasteiger partial charge in [0.05, 0.1) is 22.7 Å². The fourth-order valence-corrected chi connectivity index (χ4v) is 4.60. The number of hydrogen-bond donors (Lipinski definition) is 0. The summed E-state index contributed by atoms with van der Waals surface area (Å²) in [6.07, 6.45) is 3.52. The van der Waals surface area contributed by atoms with Crippen molar-refractivity contribution >= 4 is 21.8 Å². The summed E-state index contributed by atoms with van der Waals surface area (Å²) in [6, 6.07) is 37.9. The lowest BCUT2D eigenvalue weighted by molar-refractivity contribution is 1.18. The van der Waals surface area contributed by atoms with Crippen LogP contribution in [-0.2, 0) is 0 Å². The quantitative estimate of drug-likeness (QED) is 0.299. The van der Waals surface area contributed by atoms with Gasteiger partial charge in [0.15, 0.2) is 0 Å². The molecule has 33 heavy (non-hydrogen) atoms. The summed E-state index contributed by atoms with van der Waals surface area (Å²) in [4.78, 5) is 4.13. The van der Waals surface area contributed by atoms with Gasteiger partial charge in [-0.1, -0.05) is 60.7 Å². The van der Waals surface area contributed by atoms with Crippen molar-refractivity contribution in [1.29, 1.82) is 5.26 Å². The van der Waals surface area contributed by atoms with Crippen molar-refractivity contribution < 1.29 is 0 Å². The van der Waals surface area contributed by atoms with E-state index in [4.69, 9.17) is 0 Å². The molecule has 2 heterocycles. The molecule has 0 unspecified atom stereocenters. The number of rotatable bonds is 3. The third-order valence-corrected chi connectivity index (χ3v) is 6.15. The first-order valence-electron chi connectivity index (χ1n) is 10.9. The topological polar surface area (TPSA) is 41.6 Å². The normalized spacial score (nSPS) is 11.0. The average molecular weight is 422 g/mol. The molecule has 0 aliphatic carbocycles. The summed E-state index contributed by atoms with van der Waals surface area (Å²) >= 11 is 0. The van der Waals surface area contributed by atoms with E-state index < -0.39 is 0 Å². The van der Waals surface area contributed by atoms with Gasteiger partial charge >= 0.3 is 0 Å². The van der Waals surface area contributed by atoms with E-state index in [0.29, 0.717) is 5.56 Å². The lowest BCUT2D eigenvalue weighted by Crippen LogP contribution is -1.96. The summed E-state index contributed by atoms with van der Waals surface area (Å²) in [5.74, 6) is 0. The van der Waals surface area contributed by atoms with Crippen LogP contribution in [0.3, 0.4) is 0 Å². The average Bonchev–Trinajstić information content (AvgIpc) is 3.23. The molecule has 6 aromatic rings. The zero-order valence-corrected chi connectivity index (χ0v) is 17.8. The Morgan fingerprint density at radius 3 is 2.18 bits per heavy atom. The fraction of sp³-hybridized carbons (Fsp3) is 0. The summed E-state index contributed by atoms with van der Waals surface area (Å²) in [6.45, 7) is 0. The molecule has 154 valence electrons. The molecule has 3 nitrogen and oxygen atoms in total. The van der Waals surface area contributed by atoms with E-state index in [2.05, 4.69) is 88.4 Å². The van der Waals surface area contributed by atoms with Crippen LogP contribution in [0, 0.1) is 11.3 Å². The van der Waals surface area contributed by atoms with E-state index in [9.17, 15) is 5.26 Å². The predicted octanol–water partition coefficient (Wildman–Crippen LogP) is 7.38. The Kier molecular flexibility index (Phi) is 4.49. The largest absolute Gasteiger partial charge is 0.309 e. The fourth-order valence-electron chi connectivity index (χ4n) is 4.60. The van der Waals surface area contributed by atoms with Crippen LogP contribution in [0.25, 0.3) is 49.7 Å². The Balaban J connectivity index is 1.66. The molecular formula is C30H19N3. The highest BCUT2D eigenvalue weighted by atomic mass is 15.0. The van der Waals surface area contributed by atoms with Gasteiger partial charge in [0.1, 0.15) is 0 Å². The molecule has 6 rings (SSSR count). The lowest BCUT2D eigenvalue weighted by atomic mass is 10.0. The molecule has 0 atom stereocenters. The first-order chi connectivity index (χ1) is 16.3. The molecule has 0 bridgehead atoms. The van der Waals surface area contributed by atoms with Gasteiger partial charge in [0.25, 0.3) is 0 Å². The van der Waals surface area contributed by atoms with Gasteiger partial charge in [-0.3, -0.25) is 4.98 Å². The summed E-state index contributed by atoms with van der Waals surface area (Å²) in [7, 11) is 0. The highest BCUT2D eigenvalue weighted by molar-refractivity contribution is 6.10. The first-order valence-corrected chi connectivity index (χ1v) is 10.9. The second-order valence-corrected chi connectivity index (χ2v) is 8.03. The zero-order valence-electron chi connectivity index (χ0n) is 17.8. The van der Waals surface area contributed by atoms with Gasteiger partial charge in [-0.25, -0.2) is 0 Å². The highest BCUT2D eigenvalue weighted by Gasteiger charge is 2.15. The van der Waals surface area contributed by atoms with Crippen molar-refractivity contribution in [3.05, 3.63) is 121 Å². The van der Waals surface area contributed by atoms with E-state index in [0.717, 1.165) is 27.8 Å². The van der Waals surface area contributed by atoms with Gasteiger partial charge in [-0.15, -0.1) is 0 Å². The van der Waals surface area contributed by atoms with Crippen LogP contribution >= 0.6 is 0 Å². The number of nitrogens with zero attached hydrogens (tertiary/aromatic N) is 3. The smallest absolute Gasteiger partial charge is 0.0998 e. The molecule has 0 fully saturated rings. The number of fused-ring (bicyclic) bond motifs is 3. The minimum Gasteiger partial charge on any atom is -0.309 e. The number of hydrogen-bond acceptors (Lipinski definition) is 2. The Labute approximate surface area is 191 Å². The molecule has 0 aliphatic rings. The Morgan fingerprint density at radius 2 is 1.36 bits per heavy atom. The Morgan fingerprint density at radius 1 is 0.606 bits per heavy atom. The molecule has 0 N–H and O–H groups in total. The Hall–Kier alpha value is -4.68. The van der Waals surface area contributed by atoms with Crippen LogP contribution in [0.2, 0.25) is 0 Å². The second kappa shape index (κ2) is 7.78. The summed E-state index contributed by atoms with van der Waals surface area (Å²) in [5.41, 5.74) is 8.21. The third kappa shape index (κ3) is 3.17. The highest BCUT2D eigenvalue weighted by Crippen LogP contribution is 2.36. The molecule has 2 aromatic heterocycles. The van der Waals surface area contributed by atoms with Crippen molar-refractivity contribution in [1.82, 2.24) is 9.55 Å². The van der Waals surface area contributed by atoms with E-state index in [1.807, 2.05) is 30.3 Å². The van der Waals surface area contributed by atoms with Gasteiger partial charge in [0, 0.05) is 34.4 Å². The van der Waals surface area contributed by atoms with E-state index in [1.165, 1.54) is 21.9 Å². The minimum atomic E-state index is 0.649. The predicted molar refractivity (Wildman–Crippen MR) is 134 cm³/mol. The van der Waals surface area contributed by atoms with Crippen LogP contribution in [0.5, 0.6) is 0 Å². The maximum absolute atomic E-state index is 9.73. The summed E-state index contributed by atoms with van der Waals surface area (Å²) in [5, 5.41) is 12.2. The van der Waals surface area contributed by atoms with Crippen molar-refractivity contribution in [2.24, 2.45) is 0 Å². The molecular weight excluding hydrogens is 402 g/mol. The molecule has 3 heteroatoms. The van der Waals surface area contributed by atoms with Crippen molar-refractivity contribution in [3.8, 4) is 34.0 Å². The molecule has 0 saturated carbocycles. The van der Waals surface area contributed by atoms with E-state index >= 15 is 0 Å². The summed E-state index contributed by atoms with van der Waals surface area (Å²) < 4.78 is 2.29. The zero-order chi connectivity index (χ0) is 22.2. The SMILES string of the molecule is N#Cc1ccc(-n2c3ccccc3c3ccc(-c4ccccc4)cc32)cc1-c1ccncc1. The van der Waals surface area contributed by atoms with E-state index in [1.54, 1.807) is 12.4 Å². The number of aromatic nitrogens is 2. The number of nitriles is 1. The molecule has 0 aliphatic heterocycles. The number of benzene rings is 4. The lowest BCUT2D eigenvalue weighted by Gasteiger charge is -2.12. The maximum Gasteiger partial charge on any atom is 0.0998 e. The minimum absolute atomic E-state index is 0.649. The van der Waals surface area contributed by atoms with Crippen LogP contribution in [-0.4, -0.2) is 9.55 Å². The van der Waals surface area contributed by atoms with Gasteiger partial charge in [-0.2, -0.15) is 5.26 Å².